The summed E-state index contributed by atoms with van der Waals surface area (Å²) >= 11 is 7.08. The highest BCUT2D eigenvalue weighted by atomic mass is 35.5. The Morgan fingerprint density at radius 3 is 2.81 bits per heavy atom. The van der Waals surface area contributed by atoms with E-state index in [2.05, 4.69) is 10.4 Å². The van der Waals surface area contributed by atoms with Crippen LogP contribution in [0.3, 0.4) is 0 Å². The highest BCUT2D eigenvalue weighted by Crippen LogP contribution is 2.14. The number of benzene rings is 1. The number of hydrogen-bond acceptors (Lipinski definition) is 5. The molecule has 9 heteroatoms. The van der Waals surface area contributed by atoms with Crippen molar-refractivity contribution in [3.63, 3.8) is 0 Å². The minimum Gasteiger partial charge on any atom is -0.277 e. The number of aryl methyl sites for hydroxylation is 1. The fourth-order valence-corrected chi connectivity index (χ4v) is 3.41. The van der Waals surface area contributed by atoms with E-state index in [9.17, 15) is 13.2 Å². The van der Waals surface area contributed by atoms with Crippen molar-refractivity contribution in [2.24, 2.45) is 0 Å². The van der Waals surface area contributed by atoms with Gasteiger partial charge in [-0.05, 0) is 25.1 Å². The van der Waals surface area contributed by atoms with Crippen LogP contribution in [-0.2, 0) is 21.2 Å². The van der Waals surface area contributed by atoms with Crippen LogP contribution in [0.25, 0.3) is 0 Å². The monoisotopic (exact) mass is 345 g/mol. The summed E-state index contributed by atoms with van der Waals surface area (Å²) < 4.78 is 23.9. The lowest BCUT2D eigenvalue weighted by Crippen LogP contribution is -2.42. The van der Waals surface area contributed by atoms with Crippen LogP contribution in [0.2, 0.25) is 5.02 Å². The lowest BCUT2D eigenvalue weighted by atomic mass is 10.4. The molecule has 6 nitrogen and oxygen atoms in total. The van der Waals surface area contributed by atoms with Gasteiger partial charge in [0.15, 0.2) is 0 Å². The number of nitrogens with one attached hydrogen (secondary N) is 2. The van der Waals surface area contributed by atoms with Crippen molar-refractivity contribution < 1.29 is 13.2 Å². The van der Waals surface area contributed by atoms with Crippen molar-refractivity contribution in [1.82, 2.24) is 15.2 Å². The number of carbonyl (C=O) groups excluding carboxylic acids is 1. The van der Waals surface area contributed by atoms with Gasteiger partial charge in [-0.2, -0.15) is 0 Å². The number of aromatic nitrogens is 1. The van der Waals surface area contributed by atoms with Crippen LogP contribution in [0.15, 0.2) is 34.5 Å². The first-order valence-electron chi connectivity index (χ1n) is 5.84. The molecule has 112 valence electrons. The summed E-state index contributed by atoms with van der Waals surface area (Å²) in [5.41, 5.74) is 2.97. The van der Waals surface area contributed by atoms with E-state index >= 15 is 0 Å². The minimum atomic E-state index is -3.85. The Morgan fingerprint density at radius 2 is 2.19 bits per heavy atom. The molecule has 0 bridgehead atoms. The van der Waals surface area contributed by atoms with Crippen molar-refractivity contribution in [3.8, 4) is 0 Å². The highest BCUT2D eigenvalue weighted by molar-refractivity contribution is 7.89. The third kappa shape index (κ3) is 4.50. The van der Waals surface area contributed by atoms with Crippen LogP contribution in [0.1, 0.15) is 10.7 Å². The smallest absolute Gasteiger partial charge is 0.257 e. The van der Waals surface area contributed by atoms with E-state index in [4.69, 9.17) is 11.6 Å². The minimum absolute atomic E-state index is 0.0105. The number of sulfonamides is 1. The van der Waals surface area contributed by atoms with Gasteiger partial charge in [0.1, 0.15) is 5.01 Å². The second-order valence-electron chi connectivity index (χ2n) is 4.17. The van der Waals surface area contributed by atoms with E-state index in [1.807, 2.05) is 17.1 Å². The number of halogens is 1. The number of nitrogens with zero attached hydrogens (tertiary/aromatic N) is 1. The van der Waals surface area contributed by atoms with Gasteiger partial charge in [-0.3, -0.25) is 10.2 Å². The summed E-state index contributed by atoms with van der Waals surface area (Å²) in [4.78, 5) is 17.8. The number of carbonyl (C=O) groups is 1. The van der Waals surface area contributed by atoms with Gasteiger partial charge in [0.2, 0.25) is 5.91 Å². The molecular weight excluding hydrogens is 334 g/mol. The summed E-state index contributed by atoms with van der Waals surface area (Å²) in [5, 5.41) is 2.73. The van der Waals surface area contributed by atoms with Crippen LogP contribution in [-0.4, -0.2) is 19.3 Å². The molecule has 2 aromatic rings. The second kappa shape index (κ2) is 6.52. The zero-order valence-electron chi connectivity index (χ0n) is 11.0. The van der Waals surface area contributed by atoms with E-state index in [1.54, 1.807) is 6.07 Å². The molecule has 21 heavy (non-hydrogen) atoms. The Kier molecular flexibility index (Phi) is 4.94. The molecule has 0 spiro atoms. The highest BCUT2D eigenvalue weighted by Gasteiger charge is 2.16. The molecule has 0 radical (unpaired) electrons. The molecule has 1 amide bonds. The largest absolute Gasteiger partial charge is 0.277 e. The average molecular weight is 346 g/mol. The Hall–Kier alpha value is -1.48. The summed E-state index contributed by atoms with van der Waals surface area (Å²) in [6.45, 7) is 1.82. The van der Waals surface area contributed by atoms with Gasteiger partial charge < -0.3 is 0 Å². The summed E-state index contributed by atoms with van der Waals surface area (Å²) in [6.07, 6.45) is 0.0105. The van der Waals surface area contributed by atoms with Gasteiger partial charge in [0.25, 0.3) is 10.0 Å². The lowest BCUT2D eigenvalue weighted by molar-refractivity contribution is -0.120. The standard InChI is InChI=1S/C12H12ClN3O3S2/c1-8-7-20-12(14-8)6-11(17)15-16-21(18,19)10-4-2-3-9(13)5-10/h2-5,7,16H,6H2,1H3,(H,15,17). The van der Waals surface area contributed by atoms with Crippen LogP contribution < -0.4 is 10.3 Å². The first kappa shape index (κ1) is 15.9. The van der Waals surface area contributed by atoms with Gasteiger partial charge in [0.05, 0.1) is 11.3 Å². The summed E-state index contributed by atoms with van der Waals surface area (Å²) in [7, 11) is -3.85. The number of hydrazine groups is 1. The zero-order valence-corrected chi connectivity index (χ0v) is 13.3. The number of amides is 1. The van der Waals surface area contributed by atoms with E-state index in [-0.39, 0.29) is 11.3 Å². The quantitative estimate of drug-likeness (QED) is 0.807. The fraction of sp³-hybridized carbons (Fsp3) is 0.167. The van der Waals surface area contributed by atoms with E-state index in [1.165, 1.54) is 29.5 Å². The van der Waals surface area contributed by atoms with E-state index in [0.29, 0.717) is 10.0 Å². The van der Waals surface area contributed by atoms with Gasteiger partial charge in [0, 0.05) is 16.1 Å². The molecule has 0 saturated carbocycles. The maximum atomic E-state index is 11.9. The third-order valence-corrected chi connectivity index (χ3v) is 4.86. The summed E-state index contributed by atoms with van der Waals surface area (Å²) in [5.74, 6) is -0.491. The molecule has 2 N–H and O–H groups in total. The molecule has 1 aromatic carbocycles. The predicted octanol–water partition coefficient (Wildman–Crippen LogP) is 1.66. The molecular formula is C12H12ClN3O3S2. The normalized spacial score (nSPS) is 11.3. The molecule has 0 aliphatic heterocycles. The zero-order chi connectivity index (χ0) is 15.5. The second-order valence-corrected chi connectivity index (χ2v) is 7.23. The molecule has 0 aliphatic rings. The molecule has 1 aromatic heterocycles. The summed E-state index contributed by atoms with van der Waals surface area (Å²) in [6, 6.07) is 5.74. The van der Waals surface area contributed by atoms with Gasteiger partial charge in [-0.1, -0.05) is 17.7 Å². The van der Waals surface area contributed by atoms with Gasteiger partial charge in [-0.25, -0.2) is 13.4 Å². The predicted molar refractivity (Wildman–Crippen MR) is 80.5 cm³/mol. The average Bonchev–Trinajstić information content (AvgIpc) is 2.82. The number of hydrogen-bond donors (Lipinski definition) is 2. The molecule has 2 rings (SSSR count). The van der Waals surface area contributed by atoms with E-state index in [0.717, 1.165) is 5.69 Å². The molecule has 0 saturated heterocycles. The topological polar surface area (TPSA) is 88.2 Å². The van der Waals surface area contributed by atoms with Crippen LogP contribution in [0, 0.1) is 6.92 Å². The Labute approximate surface area is 131 Å². The van der Waals surface area contributed by atoms with E-state index < -0.39 is 15.9 Å². The van der Waals surface area contributed by atoms with Crippen molar-refractivity contribution in [2.45, 2.75) is 18.2 Å². The van der Waals surface area contributed by atoms with Crippen LogP contribution in [0.5, 0.6) is 0 Å². The van der Waals surface area contributed by atoms with Gasteiger partial charge >= 0.3 is 0 Å². The fourth-order valence-electron chi connectivity index (χ4n) is 1.48. The van der Waals surface area contributed by atoms with Gasteiger partial charge in [-0.15, -0.1) is 16.2 Å². The molecule has 0 unspecified atom stereocenters. The van der Waals surface area contributed by atoms with Crippen LogP contribution in [0.4, 0.5) is 0 Å². The van der Waals surface area contributed by atoms with Crippen molar-refractivity contribution in [2.75, 3.05) is 0 Å². The lowest BCUT2D eigenvalue weighted by Gasteiger charge is -2.08. The molecule has 1 heterocycles. The molecule has 0 fully saturated rings. The number of rotatable bonds is 5. The Bertz CT molecular complexity index is 759. The first-order chi connectivity index (χ1) is 9.87. The Balaban J connectivity index is 1.97. The van der Waals surface area contributed by atoms with Crippen molar-refractivity contribution in [3.05, 3.63) is 45.4 Å². The SMILES string of the molecule is Cc1csc(CC(=O)NNS(=O)(=O)c2cccc(Cl)c2)n1. The first-order valence-corrected chi connectivity index (χ1v) is 8.58. The maximum absolute atomic E-state index is 11.9. The van der Waals surface area contributed by atoms with Crippen LogP contribution >= 0.6 is 22.9 Å². The van der Waals surface area contributed by atoms with Crippen molar-refractivity contribution >= 4 is 38.9 Å². The number of thiazole rings is 1. The van der Waals surface area contributed by atoms with Crippen molar-refractivity contribution in [1.29, 1.82) is 0 Å². The molecule has 0 aliphatic carbocycles. The molecule has 0 atom stereocenters. The third-order valence-electron chi connectivity index (χ3n) is 2.41. The maximum Gasteiger partial charge on any atom is 0.257 e. The Morgan fingerprint density at radius 1 is 1.43 bits per heavy atom.